The van der Waals surface area contributed by atoms with Crippen LogP contribution < -0.4 is 4.90 Å². The summed E-state index contributed by atoms with van der Waals surface area (Å²) in [6, 6.07) is 21.6. The van der Waals surface area contributed by atoms with E-state index in [1.165, 1.54) is 49.0 Å². The number of imidazole rings is 1. The largest absolute Gasteiger partial charge is 0.355 e. The number of benzene rings is 2. The van der Waals surface area contributed by atoms with Crippen LogP contribution >= 0.6 is 0 Å². The van der Waals surface area contributed by atoms with Gasteiger partial charge in [-0.2, -0.15) is 5.26 Å². The molecule has 1 aliphatic rings. The summed E-state index contributed by atoms with van der Waals surface area (Å²) in [5.41, 5.74) is 7.40. The summed E-state index contributed by atoms with van der Waals surface area (Å²) >= 11 is 0. The minimum absolute atomic E-state index is 0.726. The Morgan fingerprint density at radius 2 is 1.57 bits per heavy atom. The van der Waals surface area contributed by atoms with Crippen LogP contribution in [0.15, 0.2) is 54.6 Å². The zero-order valence-electron chi connectivity index (χ0n) is 22.4. The highest BCUT2D eigenvalue weighted by atomic mass is 15.3. The van der Waals surface area contributed by atoms with Gasteiger partial charge in [0.15, 0.2) is 5.65 Å². The molecule has 0 spiro atoms. The molecule has 3 heterocycles. The number of hydrogen-bond acceptors (Lipinski definition) is 4. The van der Waals surface area contributed by atoms with Crippen molar-refractivity contribution >= 4 is 22.5 Å². The number of unbranched alkanes of at least 4 members (excludes halogenated alkanes) is 5. The third-order valence-corrected chi connectivity index (χ3v) is 7.91. The fourth-order valence-electron chi connectivity index (χ4n) is 5.84. The van der Waals surface area contributed by atoms with E-state index in [9.17, 15) is 5.26 Å². The molecule has 1 aliphatic heterocycles. The van der Waals surface area contributed by atoms with Gasteiger partial charge >= 0.3 is 0 Å². The predicted molar refractivity (Wildman–Crippen MR) is 153 cm³/mol. The number of nitriles is 1. The number of nitrogens with zero attached hydrogens (tertiary/aromatic N) is 5. The lowest BCUT2D eigenvalue weighted by Crippen LogP contribution is -2.47. The van der Waals surface area contributed by atoms with Crippen LogP contribution in [0.5, 0.6) is 0 Å². The van der Waals surface area contributed by atoms with Gasteiger partial charge < -0.3 is 4.90 Å². The molecular weight excluding hydrogens is 454 g/mol. The van der Waals surface area contributed by atoms with E-state index in [0.717, 1.165) is 73.4 Å². The Kier molecular flexibility index (Phi) is 8.06. The van der Waals surface area contributed by atoms with Crippen molar-refractivity contribution in [3.05, 3.63) is 76.9 Å². The standard InChI is InChI=1S/C32H39N5/c1-3-4-5-6-7-11-16-27-25(2)28(23-33)31-34-29-17-12-13-18-30(29)37(31)32(27)36-21-19-35(20-22-36)24-26-14-9-8-10-15-26/h8-10,12-15,17-18H,3-7,11,16,19-22,24H2,1-2H3. The second-order valence-electron chi connectivity index (χ2n) is 10.4. The first-order valence-electron chi connectivity index (χ1n) is 14.0. The maximum Gasteiger partial charge on any atom is 0.157 e. The molecule has 2 aromatic carbocycles. The molecule has 1 fully saturated rings. The minimum Gasteiger partial charge on any atom is -0.355 e. The molecule has 4 aromatic rings. The Hall–Kier alpha value is -3.36. The van der Waals surface area contributed by atoms with Crippen LogP contribution in [0.25, 0.3) is 16.7 Å². The van der Waals surface area contributed by atoms with E-state index in [2.05, 4.69) is 82.6 Å². The van der Waals surface area contributed by atoms with Crippen LogP contribution in [0.3, 0.4) is 0 Å². The van der Waals surface area contributed by atoms with E-state index in [4.69, 9.17) is 4.98 Å². The summed E-state index contributed by atoms with van der Waals surface area (Å²) < 4.78 is 2.29. The van der Waals surface area contributed by atoms with Gasteiger partial charge in [0.05, 0.1) is 16.6 Å². The molecule has 0 N–H and O–H groups in total. The van der Waals surface area contributed by atoms with Gasteiger partial charge in [-0.1, -0.05) is 81.5 Å². The van der Waals surface area contributed by atoms with Crippen molar-refractivity contribution in [3.63, 3.8) is 0 Å². The number of hydrogen-bond donors (Lipinski definition) is 0. The van der Waals surface area contributed by atoms with Gasteiger partial charge in [-0.3, -0.25) is 9.30 Å². The van der Waals surface area contributed by atoms with Gasteiger partial charge in [-0.25, -0.2) is 4.98 Å². The molecule has 0 aliphatic carbocycles. The van der Waals surface area contributed by atoms with Crippen molar-refractivity contribution in [2.45, 2.75) is 65.3 Å². The SMILES string of the molecule is CCCCCCCCc1c(C)c(C#N)c2nc3ccccc3n2c1N1CCN(Cc2ccccc2)CC1. The predicted octanol–water partition coefficient (Wildman–Crippen LogP) is 6.89. The van der Waals surface area contributed by atoms with E-state index in [0.29, 0.717) is 0 Å². The first-order valence-corrected chi connectivity index (χ1v) is 14.0. The number of pyridine rings is 1. The molecule has 37 heavy (non-hydrogen) atoms. The maximum absolute atomic E-state index is 10.2. The molecule has 0 radical (unpaired) electrons. The fourth-order valence-corrected chi connectivity index (χ4v) is 5.84. The van der Waals surface area contributed by atoms with Crippen LogP contribution in [-0.2, 0) is 13.0 Å². The Bertz CT molecular complexity index is 1370. The third kappa shape index (κ3) is 5.36. The molecule has 0 atom stereocenters. The van der Waals surface area contributed by atoms with Gasteiger partial charge in [-0.15, -0.1) is 0 Å². The molecule has 5 rings (SSSR count). The second-order valence-corrected chi connectivity index (χ2v) is 10.4. The van der Waals surface area contributed by atoms with E-state index >= 15 is 0 Å². The Balaban J connectivity index is 1.49. The summed E-state index contributed by atoms with van der Waals surface area (Å²) in [5.74, 6) is 1.26. The van der Waals surface area contributed by atoms with E-state index in [1.54, 1.807) is 0 Å². The molecule has 1 saturated heterocycles. The molecular formula is C32H39N5. The topological polar surface area (TPSA) is 47.6 Å². The van der Waals surface area contributed by atoms with Crippen LogP contribution in [0.2, 0.25) is 0 Å². The summed E-state index contributed by atoms with van der Waals surface area (Å²) in [5, 5.41) is 10.2. The van der Waals surface area contributed by atoms with Crippen molar-refractivity contribution in [2.75, 3.05) is 31.1 Å². The van der Waals surface area contributed by atoms with Gasteiger partial charge in [0.25, 0.3) is 0 Å². The average molecular weight is 494 g/mol. The summed E-state index contributed by atoms with van der Waals surface area (Å²) in [7, 11) is 0. The van der Waals surface area contributed by atoms with Gasteiger partial charge in [-0.05, 0) is 48.6 Å². The van der Waals surface area contributed by atoms with Crippen molar-refractivity contribution in [2.24, 2.45) is 0 Å². The number of fused-ring (bicyclic) bond motifs is 3. The molecule has 0 amide bonds. The van der Waals surface area contributed by atoms with Gasteiger partial charge in [0.2, 0.25) is 0 Å². The summed E-state index contributed by atoms with van der Waals surface area (Å²) in [6.45, 7) is 9.40. The summed E-state index contributed by atoms with van der Waals surface area (Å²) in [4.78, 5) is 10.1. The highest BCUT2D eigenvalue weighted by Crippen LogP contribution is 2.35. The van der Waals surface area contributed by atoms with Crippen LogP contribution in [0.1, 0.15) is 67.7 Å². The maximum atomic E-state index is 10.2. The number of anilines is 1. The second kappa shape index (κ2) is 11.8. The quantitative estimate of drug-likeness (QED) is 0.226. The van der Waals surface area contributed by atoms with E-state index < -0.39 is 0 Å². The monoisotopic (exact) mass is 493 g/mol. The Morgan fingerprint density at radius 3 is 2.32 bits per heavy atom. The molecule has 2 aromatic heterocycles. The van der Waals surface area contributed by atoms with E-state index in [1.807, 2.05) is 6.07 Å². The molecule has 5 nitrogen and oxygen atoms in total. The first kappa shape index (κ1) is 25.3. The number of rotatable bonds is 10. The summed E-state index contributed by atoms with van der Waals surface area (Å²) in [6.07, 6.45) is 8.62. The Morgan fingerprint density at radius 1 is 0.865 bits per heavy atom. The van der Waals surface area contributed by atoms with Crippen molar-refractivity contribution in [1.29, 1.82) is 5.26 Å². The number of aromatic nitrogens is 2. The normalized spacial score (nSPS) is 14.5. The lowest BCUT2D eigenvalue weighted by molar-refractivity contribution is 0.249. The van der Waals surface area contributed by atoms with Gasteiger partial charge in [0, 0.05) is 32.7 Å². The van der Waals surface area contributed by atoms with Crippen molar-refractivity contribution < 1.29 is 0 Å². The molecule has 0 bridgehead atoms. The van der Waals surface area contributed by atoms with Crippen LogP contribution in [0.4, 0.5) is 5.82 Å². The van der Waals surface area contributed by atoms with E-state index in [-0.39, 0.29) is 0 Å². The molecule has 5 heteroatoms. The minimum atomic E-state index is 0.726. The average Bonchev–Trinajstić information content (AvgIpc) is 3.31. The number of para-hydroxylation sites is 2. The van der Waals surface area contributed by atoms with Gasteiger partial charge in [0.1, 0.15) is 11.9 Å². The smallest absolute Gasteiger partial charge is 0.157 e. The first-order chi connectivity index (χ1) is 18.2. The third-order valence-electron chi connectivity index (χ3n) is 7.91. The van der Waals surface area contributed by atoms with Crippen molar-refractivity contribution in [1.82, 2.24) is 14.3 Å². The highest BCUT2D eigenvalue weighted by Gasteiger charge is 2.26. The van der Waals surface area contributed by atoms with Crippen molar-refractivity contribution in [3.8, 4) is 6.07 Å². The van der Waals surface area contributed by atoms with Crippen LogP contribution in [-0.4, -0.2) is 40.5 Å². The Labute approximate surface area is 221 Å². The lowest BCUT2D eigenvalue weighted by atomic mass is 9.97. The fraction of sp³-hybridized carbons (Fsp3) is 0.438. The molecule has 192 valence electrons. The zero-order chi connectivity index (χ0) is 25.6. The highest BCUT2D eigenvalue weighted by molar-refractivity contribution is 5.86. The van der Waals surface area contributed by atoms with Crippen LogP contribution in [0, 0.1) is 18.3 Å². The number of piperazine rings is 1. The molecule has 0 unspecified atom stereocenters. The zero-order valence-corrected chi connectivity index (χ0v) is 22.4. The lowest BCUT2D eigenvalue weighted by Gasteiger charge is -2.38. The molecule has 0 saturated carbocycles.